The molecular formula is C17H26N2O2. The maximum absolute atomic E-state index is 9.29. The van der Waals surface area contributed by atoms with E-state index in [2.05, 4.69) is 22.9 Å². The highest BCUT2D eigenvalue weighted by molar-refractivity contribution is 5.37. The van der Waals surface area contributed by atoms with Gasteiger partial charge < -0.3 is 14.7 Å². The second kappa shape index (κ2) is 6.77. The monoisotopic (exact) mass is 290 g/mol. The first kappa shape index (κ1) is 14.8. The lowest BCUT2D eigenvalue weighted by atomic mass is 10.1. The molecule has 0 unspecified atom stereocenters. The molecule has 2 heterocycles. The molecule has 0 aromatic heterocycles. The van der Waals surface area contributed by atoms with Gasteiger partial charge in [-0.3, -0.25) is 4.90 Å². The number of ether oxygens (including phenoxy) is 1. The van der Waals surface area contributed by atoms with Crippen molar-refractivity contribution in [3.63, 3.8) is 0 Å². The van der Waals surface area contributed by atoms with Gasteiger partial charge in [0.25, 0.3) is 0 Å². The van der Waals surface area contributed by atoms with Gasteiger partial charge in [0, 0.05) is 31.2 Å². The van der Waals surface area contributed by atoms with E-state index in [4.69, 9.17) is 4.74 Å². The minimum absolute atomic E-state index is 0.0974. The van der Waals surface area contributed by atoms with Crippen molar-refractivity contribution < 1.29 is 9.84 Å². The second-order valence-electron chi connectivity index (χ2n) is 6.29. The van der Waals surface area contributed by atoms with Gasteiger partial charge in [0.15, 0.2) is 0 Å². The average Bonchev–Trinajstić information content (AvgIpc) is 2.80. The molecule has 0 spiro atoms. The van der Waals surface area contributed by atoms with E-state index in [9.17, 15) is 5.11 Å². The van der Waals surface area contributed by atoms with Crippen molar-refractivity contribution in [1.82, 2.24) is 9.80 Å². The quantitative estimate of drug-likeness (QED) is 0.918. The van der Waals surface area contributed by atoms with E-state index in [0.717, 1.165) is 43.6 Å². The van der Waals surface area contributed by atoms with Crippen LogP contribution in [0, 0.1) is 0 Å². The SMILES string of the molecule is CN1CCC[C@@H]1CCN1CCOc2ccc(CO)cc2C1. The summed E-state index contributed by atoms with van der Waals surface area (Å²) in [5.74, 6) is 0.979. The van der Waals surface area contributed by atoms with Crippen molar-refractivity contribution >= 4 is 0 Å². The van der Waals surface area contributed by atoms with Gasteiger partial charge in [-0.25, -0.2) is 0 Å². The van der Waals surface area contributed by atoms with Crippen molar-refractivity contribution in [2.45, 2.75) is 38.5 Å². The van der Waals surface area contributed by atoms with Crippen LogP contribution in [0.2, 0.25) is 0 Å². The Bertz CT molecular complexity index is 478. The normalized spacial score (nSPS) is 23.6. The molecule has 2 aliphatic rings. The topological polar surface area (TPSA) is 35.9 Å². The molecule has 1 N–H and O–H groups in total. The summed E-state index contributed by atoms with van der Waals surface area (Å²) in [5, 5.41) is 9.29. The predicted octanol–water partition coefficient (Wildman–Crippen LogP) is 1.86. The summed E-state index contributed by atoms with van der Waals surface area (Å²) in [6.07, 6.45) is 3.92. The first-order valence-corrected chi connectivity index (χ1v) is 8.04. The molecule has 1 aromatic rings. The largest absolute Gasteiger partial charge is 0.492 e. The summed E-state index contributed by atoms with van der Waals surface area (Å²) in [6.45, 7) is 5.14. The fourth-order valence-electron chi connectivity index (χ4n) is 3.47. The Hall–Kier alpha value is -1.10. The van der Waals surface area contributed by atoms with Gasteiger partial charge in [-0.15, -0.1) is 0 Å². The fraction of sp³-hybridized carbons (Fsp3) is 0.647. The summed E-state index contributed by atoms with van der Waals surface area (Å²) in [7, 11) is 2.24. The van der Waals surface area contributed by atoms with Gasteiger partial charge in [0.05, 0.1) is 6.61 Å². The summed E-state index contributed by atoms with van der Waals surface area (Å²) in [6, 6.07) is 6.77. The number of aliphatic hydroxyl groups excluding tert-OH is 1. The van der Waals surface area contributed by atoms with E-state index < -0.39 is 0 Å². The Labute approximate surface area is 127 Å². The van der Waals surface area contributed by atoms with Crippen LogP contribution in [0.3, 0.4) is 0 Å². The summed E-state index contributed by atoms with van der Waals surface area (Å²) in [4.78, 5) is 4.98. The van der Waals surface area contributed by atoms with E-state index >= 15 is 0 Å². The van der Waals surface area contributed by atoms with Crippen molar-refractivity contribution in [1.29, 1.82) is 0 Å². The van der Waals surface area contributed by atoms with Crippen LogP contribution in [0.15, 0.2) is 18.2 Å². The highest BCUT2D eigenvalue weighted by atomic mass is 16.5. The third-order valence-corrected chi connectivity index (χ3v) is 4.82. The predicted molar refractivity (Wildman–Crippen MR) is 83.4 cm³/mol. The third-order valence-electron chi connectivity index (χ3n) is 4.82. The number of hydrogen-bond donors (Lipinski definition) is 1. The molecule has 21 heavy (non-hydrogen) atoms. The molecule has 3 rings (SSSR count). The van der Waals surface area contributed by atoms with E-state index in [-0.39, 0.29) is 6.61 Å². The standard InChI is InChI=1S/C17H26N2O2/c1-18-7-2-3-16(18)6-8-19-9-10-21-17-5-4-14(13-20)11-15(17)12-19/h4-5,11,16,20H,2-3,6-10,12-13H2,1H3/t16-/m1/s1. The van der Waals surface area contributed by atoms with Crippen molar-refractivity contribution in [3.05, 3.63) is 29.3 Å². The molecule has 4 heteroatoms. The number of likely N-dealkylation sites (tertiary alicyclic amines) is 1. The zero-order valence-corrected chi connectivity index (χ0v) is 12.9. The molecule has 2 aliphatic heterocycles. The van der Waals surface area contributed by atoms with E-state index in [1.807, 2.05) is 12.1 Å². The molecule has 0 bridgehead atoms. The van der Waals surface area contributed by atoms with Crippen molar-refractivity contribution in [2.75, 3.05) is 33.3 Å². The maximum Gasteiger partial charge on any atom is 0.123 e. The van der Waals surface area contributed by atoms with Crippen LogP contribution in [0.4, 0.5) is 0 Å². The van der Waals surface area contributed by atoms with Crippen LogP contribution < -0.4 is 4.74 Å². The smallest absolute Gasteiger partial charge is 0.123 e. The van der Waals surface area contributed by atoms with Gasteiger partial charge >= 0.3 is 0 Å². The van der Waals surface area contributed by atoms with E-state index in [1.165, 1.54) is 31.4 Å². The van der Waals surface area contributed by atoms with Gasteiger partial charge in [-0.2, -0.15) is 0 Å². The molecule has 0 saturated carbocycles. The van der Waals surface area contributed by atoms with Crippen molar-refractivity contribution in [3.8, 4) is 5.75 Å². The fourth-order valence-corrected chi connectivity index (χ4v) is 3.47. The summed E-state index contributed by atoms with van der Waals surface area (Å²) < 4.78 is 5.84. The molecule has 1 saturated heterocycles. The average molecular weight is 290 g/mol. The molecule has 0 aliphatic carbocycles. The van der Waals surface area contributed by atoms with Crippen LogP contribution in [0.25, 0.3) is 0 Å². The highest BCUT2D eigenvalue weighted by Gasteiger charge is 2.22. The summed E-state index contributed by atoms with van der Waals surface area (Å²) >= 11 is 0. The number of hydrogen-bond acceptors (Lipinski definition) is 4. The lowest BCUT2D eigenvalue weighted by Crippen LogP contribution is -2.32. The van der Waals surface area contributed by atoms with Crippen LogP contribution in [0.1, 0.15) is 30.4 Å². The molecule has 1 fully saturated rings. The Morgan fingerprint density at radius 3 is 3.00 bits per heavy atom. The van der Waals surface area contributed by atoms with Crippen molar-refractivity contribution in [2.24, 2.45) is 0 Å². The number of benzene rings is 1. The number of nitrogens with zero attached hydrogens (tertiary/aromatic N) is 2. The van der Waals surface area contributed by atoms with Gasteiger partial charge in [-0.1, -0.05) is 6.07 Å². The minimum atomic E-state index is 0.0974. The second-order valence-corrected chi connectivity index (χ2v) is 6.29. The zero-order chi connectivity index (χ0) is 14.7. The Kier molecular flexibility index (Phi) is 4.78. The van der Waals surface area contributed by atoms with Gasteiger partial charge in [0.2, 0.25) is 0 Å². The van der Waals surface area contributed by atoms with Crippen LogP contribution in [-0.2, 0) is 13.2 Å². The Balaban J connectivity index is 1.61. The first-order chi connectivity index (χ1) is 10.3. The first-order valence-electron chi connectivity index (χ1n) is 8.04. The molecule has 4 nitrogen and oxygen atoms in total. The van der Waals surface area contributed by atoms with Gasteiger partial charge in [-0.05, 0) is 50.6 Å². The molecule has 0 amide bonds. The van der Waals surface area contributed by atoms with Crippen LogP contribution in [-0.4, -0.2) is 54.2 Å². The Morgan fingerprint density at radius 1 is 1.33 bits per heavy atom. The summed E-state index contributed by atoms with van der Waals surface area (Å²) in [5.41, 5.74) is 2.17. The lowest BCUT2D eigenvalue weighted by Gasteiger charge is -2.24. The molecule has 0 radical (unpaired) electrons. The Morgan fingerprint density at radius 2 is 2.24 bits per heavy atom. The zero-order valence-electron chi connectivity index (χ0n) is 12.9. The van der Waals surface area contributed by atoms with E-state index in [1.54, 1.807) is 0 Å². The number of fused-ring (bicyclic) bond motifs is 1. The maximum atomic E-state index is 9.29. The number of rotatable bonds is 4. The highest BCUT2D eigenvalue weighted by Crippen LogP contribution is 2.25. The molecule has 116 valence electrons. The molecular weight excluding hydrogens is 264 g/mol. The van der Waals surface area contributed by atoms with Gasteiger partial charge in [0.1, 0.15) is 12.4 Å². The van der Waals surface area contributed by atoms with Crippen LogP contribution in [0.5, 0.6) is 5.75 Å². The third kappa shape index (κ3) is 3.57. The molecule has 1 aromatic carbocycles. The molecule has 1 atom stereocenters. The minimum Gasteiger partial charge on any atom is -0.492 e. The lowest BCUT2D eigenvalue weighted by molar-refractivity contribution is 0.199. The van der Waals surface area contributed by atoms with Crippen LogP contribution >= 0.6 is 0 Å². The number of aliphatic hydroxyl groups is 1. The van der Waals surface area contributed by atoms with E-state index in [0.29, 0.717) is 0 Å².